The molecule has 20 heavy (non-hydrogen) atoms. The molecule has 1 aliphatic rings. The summed E-state index contributed by atoms with van der Waals surface area (Å²) in [5.74, 6) is -1.02. The van der Waals surface area contributed by atoms with Crippen molar-refractivity contribution < 1.29 is 14.1 Å². The number of carbonyl (C=O) groups is 2. The average Bonchev–Trinajstić information content (AvgIpc) is 2.75. The van der Waals surface area contributed by atoms with E-state index in [0.29, 0.717) is 24.2 Å². The number of benzene rings is 1. The van der Waals surface area contributed by atoms with Gasteiger partial charge in [0.15, 0.2) is 0 Å². The molecule has 1 fully saturated rings. The predicted molar refractivity (Wildman–Crippen MR) is 70.6 cm³/mol. The van der Waals surface area contributed by atoms with Crippen molar-refractivity contribution in [2.45, 2.75) is 18.8 Å². The van der Waals surface area contributed by atoms with Gasteiger partial charge in [0, 0.05) is 18.9 Å². The molecule has 1 unspecified atom stereocenters. The third-order valence-corrected chi connectivity index (χ3v) is 3.56. The number of piperidine rings is 1. The molecule has 1 saturated heterocycles. The summed E-state index contributed by atoms with van der Waals surface area (Å²) in [5.41, 5.74) is 3.27. The fourth-order valence-corrected chi connectivity index (χ4v) is 2.56. The Morgan fingerprint density at radius 3 is 2.95 bits per heavy atom. The lowest BCUT2D eigenvalue weighted by atomic mass is 9.93. The van der Waals surface area contributed by atoms with Gasteiger partial charge in [0.2, 0.25) is 11.8 Å². The Kier molecular flexibility index (Phi) is 2.89. The largest absolute Gasteiger partial charge is 0.296 e. The first-order chi connectivity index (χ1) is 9.60. The fourth-order valence-electron chi connectivity index (χ4n) is 2.56. The van der Waals surface area contributed by atoms with Crippen molar-refractivity contribution in [1.82, 2.24) is 15.1 Å². The highest BCUT2D eigenvalue weighted by Gasteiger charge is 2.31. The number of nitrogens with one attached hydrogen (secondary N) is 2. The number of amides is 2. The molecule has 1 atom stereocenters. The number of nitrogens with zero attached hydrogens (tertiary/aromatic N) is 2. The molecule has 104 valence electrons. The van der Waals surface area contributed by atoms with Crippen LogP contribution in [0.3, 0.4) is 0 Å². The van der Waals surface area contributed by atoms with E-state index in [1.54, 1.807) is 35.5 Å². The molecule has 6 nitrogen and oxygen atoms in total. The Bertz CT molecular complexity index is 710. The Morgan fingerprint density at radius 1 is 1.45 bits per heavy atom. The molecular weight excluding hydrogens is 263 g/mol. The van der Waals surface area contributed by atoms with Gasteiger partial charge in [-0.1, -0.05) is 0 Å². The highest BCUT2D eigenvalue weighted by Crippen LogP contribution is 2.31. The maximum absolute atomic E-state index is 12.5. The van der Waals surface area contributed by atoms with Crippen molar-refractivity contribution in [3.63, 3.8) is 0 Å². The molecule has 1 aromatic heterocycles. The Morgan fingerprint density at radius 2 is 2.25 bits per heavy atom. The molecule has 0 saturated carbocycles. The lowest BCUT2D eigenvalue weighted by Crippen LogP contribution is -2.39. The standard InChI is InChI=1S/C13H13FN4O2/c1-18-10-6-7(16-14)2-3-8(10)12(17-18)9-4-5-11(19)15-13(9)20/h2-3,6,9,16H,4-5H2,1H3,(H,15,19,20). The quantitative estimate of drug-likeness (QED) is 0.642. The van der Waals surface area contributed by atoms with Crippen LogP contribution in [0, 0.1) is 0 Å². The summed E-state index contributed by atoms with van der Waals surface area (Å²) in [6.07, 6.45) is 0.748. The third kappa shape index (κ3) is 1.91. The van der Waals surface area contributed by atoms with E-state index in [1.165, 1.54) is 0 Å². The van der Waals surface area contributed by atoms with Crippen LogP contribution in [0.5, 0.6) is 0 Å². The molecule has 2 aromatic rings. The number of anilines is 1. The van der Waals surface area contributed by atoms with Crippen molar-refractivity contribution in [2.75, 3.05) is 5.54 Å². The predicted octanol–water partition coefficient (Wildman–Crippen LogP) is 1.39. The lowest BCUT2D eigenvalue weighted by molar-refractivity contribution is -0.134. The SMILES string of the molecule is Cn1nc(C2CCC(=O)NC2=O)c2ccc(NF)cc21. The van der Waals surface area contributed by atoms with E-state index >= 15 is 0 Å². The number of aryl methyl sites for hydroxylation is 1. The molecule has 1 aromatic carbocycles. The maximum atomic E-state index is 12.5. The normalized spacial score (nSPS) is 19.2. The van der Waals surface area contributed by atoms with Crippen LogP contribution < -0.4 is 10.9 Å². The minimum absolute atomic E-state index is 0.254. The summed E-state index contributed by atoms with van der Waals surface area (Å²) >= 11 is 0. The molecule has 0 aliphatic carbocycles. The number of imide groups is 1. The molecule has 0 bridgehead atoms. The van der Waals surface area contributed by atoms with Crippen LogP contribution >= 0.6 is 0 Å². The Labute approximate surface area is 113 Å². The monoisotopic (exact) mass is 276 g/mol. The second kappa shape index (κ2) is 4.59. The van der Waals surface area contributed by atoms with Gasteiger partial charge in [0.05, 0.1) is 22.8 Å². The zero-order chi connectivity index (χ0) is 14.3. The zero-order valence-corrected chi connectivity index (χ0v) is 10.8. The van der Waals surface area contributed by atoms with Crippen LogP contribution in [0.25, 0.3) is 10.9 Å². The minimum atomic E-state index is -0.444. The highest BCUT2D eigenvalue weighted by molar-refractivity contribution is 6.02. The number of aromatic nitrogens is 2. The fraction of sp³-hybridized carbons (Fsp3) is 0.308. The number of fused-ring (bicyclic) bond motifs is 1. The van der Waals surface area contributed by atoms with Crippen LogP contribution in [0.4, 0.5) is 10.2 Å². The minimum Gasteiger partial charge on any atom is -0.296 e. The van der Waals surface area contributed by atoms with E-state index in [2.05, 4.69) is 10.4 Å². The van der Waals surface area contributed by atoms with E-state index < -0.39 is 5.92 Å². The summed E-state index contributed by atoms with van der Waals surface area (Å²) in [7, 11) is 1.74. The van der Waals surface area contributed by atoms with Gasteiger partial charge in [-0.15, -0.1) is 4.48 Å². The number of rotatable bonds is 2. The van der Waals surface area contributed by atoms with E-state index in [9.17, 15) is 14.1 Å². The van der Waals surface area contributed by atoms with Crippen molar-refractivity contribution in [1.29, 1.82) is 0 Å². The topological polar surface area (TPSA) is 76.0 Å². The molecule has 2 N–H and O–H groups in total. The van der Waals surface area contributed by atoms with Crippen LogP contribution in [-0.4, -0.2) is 21.6 Å². The van der Waals surface area contributed by atoms with Gasteiger partial charge in [0.25, 0.3) is 0 Å². The molecule has 7 heteroatoms. The molecular formula is C13H13FN4O2. The van der Waals surface area contributed by atoms with Crippen molar-refractivity contribution in [3.8, 4) is 0 Å². The van der Waals surface area contributed by atoms with Gasteiger partial charge in [-0.3, -0.25) is 19.6 Å². The molecule has 1 aliphatic heterocycles. The summed E-state index contributed by atoms with van der Waals surface area (Å²) < 4.78 is 14.1. The van der Waals surface area contributed by atoms with Gasteiger partial charge < -0.3 is 0 Å². The number of carbonyl (C=O) groups excluding carboxylic acids is 2. The molecule has 3 rings (SSSR count). The van der Waals surface area contributed by atoms with E-state index in [-0.39, 0.29) is 11.8 Å². The van der Waals surface area contributed by atoms with Crippen LogP contribution in [0.1, 0.15) is 24.5 Å². The van der Waals surface area contributed by atoms with Crippen LogP contribution in [-0.2, 0) is 16.6 Å². The molecule has 0 radical (unpaired) electrons. The van der Waals surface area contributed by atoms with E-state index in [0.717, 1.165) is 10.9 Å². The second-order valence-corrected chi connectivity index (χ2v) is 4.84. The van der Waals surface area contributed by atoms with E-state index in [1.807, 2.05) is 0 Å². The summed E-state index contributed by atoms with van der Waals surface area (Å²) in [5, 5.41) is 7.48. The summed E-state index contributed by atoms with van der Waals surface area (Å²) in [4.78, 5) is 23.1. The average molecular weight is 276 g/mol. The van der Waals surface area contributed by atoms with Gasteiger partial charge in [0.1, 0.15) is 0 Å². The molecule has 2 heterocycles. The second-order valence-electron chi connectivity index (χ2n) is 4.84. The number of halogens is 1. The first-order valence-corrected chi connectivity index (χ1v) is 6.27. The number of hydrogen-bond acceptors (Lipinski definition) is 4. The van der Waals surface area contributed by atoms with Crippen molar-refractivity contribution in [3.05, 3.63) is 23.9 Å². The Hall–Kier alpha value is -2.44. The number of hydrogen-bond donors (Lipinski definition) is 2. The summed E-state index contributed by atoms with van der Waals surface area (Å²) in [6, 6.07) is 4.93. The lowest BCUT2D eigenvalue weighted by Gasteiger charge is -2.19. The van der Waals surface area contributed by atoms with Gasteiger partial charge in [-0.05, 0) is 24.6 Å². The molecule has 2 amide bonds. The van der Waals surface area contributed by atoms with Gasteiger partial charge in [-0.2, -0.15) is 5.10 Å². The van der Waals surface area contributed by atoms with Crippen molar-refractivity contribution >= 4 is 28.4 Å². The maximum Gasteiger partial charge on any atom is 0.235 e. The van der Waals surface area contributed by atoms with E-state index in [4.69, 9.17) is 0 Å². The van der Waals surface area contributed by atoms with Crippen LogP contribution in [0.2, 0.25) is 0 Å². The first kappa shape index (κ1) is 12.6. The highest BCUT2D eigenvalue weighted by atomic mass is 19.2. The van der Waals surface area contributed by atoms with Gasteiger partial charge >= 0.3 is 0 Å². The Balaban J connectivity index is 2.08. The van der Waals surface area contributed by atoms with Crippen molar-refractivity contribution in [2.24, 2.45) is 7.05 Å². The van der Waals surface area contributed by atoms with Gasteiger partial charge in [-0.25, -0.2) is 5.54 Å². The molecule has 0 spiro atoms. The summed E-state index contributed by atoms with van der Waals surface area (Å²) in [6.45, 7) is 0. The van der Waals surface area contributed by atoms with Crippen LogP contribution in [0.15, 0.2) is 18.2 Å². The third-order valence-electron chi connectivity index (χ3n) is 3.56. The zero-order valence-electron chi connectivity index (χ0n) is 10.8. The first-order valence-electron chi connectivity index (χ1n) is 6.27. The smallest absolute Gasteiger partial charge is 0.235 e.